The van der Waals surface area contributed by atoms with E-state index in [1.54, 1.807) is 0 Å². The first-order chi connectivity index (χ1) is 5.36. The molecule has 0 aromatic rings. The zero-order valence-corrected chi connectivity index (χ0v) is 7.77. The van der Waals surface area contributed by atoms with Gasteiger partial charge in [-0.25, -0.2) is 0 Å². The second kappa shape index (κ2) is 4.73. The monoisotopic (exact) mass is 156 g/mol. The molecule has 66 valence electrons. The first kappa shape index (κ1) is 9.01. The van der Waals surface area contributed by atoms with Gasteiger partial charge in [-0.3, -0.25) is 0 Å². The van der Waals surface area contributed by atoms with E-state index < -0.39 is 0 Å². The molecule has 0 aliphatic carbocycles. The van der Waals surface area contributed by atoms with Crippen molar-refractivity contribution in [3.63, 3.8) is 0 Å². The molecule has 1 rings (SSSR count). The van der Waals surface area contributed by atoms with Crippen molar-refractivity contribution in [3.8, 4) is 0 Å². The van der Waals surface area contributed by atoms with Gasteiger partial charge < -0.3 is 10.2 Å². The van der Waals surface area contributed by atoms with Crippen molar-refractivity contribution in [3.05, 3.63) is 0 Å². The summed E-state index contributed by atoms with van der Waals surface area (Å²) in [5.41, 5.74) is 0. The average Bonchev–Trinajstić information content (AvgIpc) is 2.28. The van der Waals surface area contributed by atoms with Crippen LogP contribution in [0.2, 0.25) is 0 Å². The van der Waals surface area contributed by atoms with E-state index in [-0.39, 0.29) is 0 Å². The third kappa shape index (κ3) is 2.80. The summed E-state index contributed by atoms with van der Waals surface area (Å²) < 4.78 is 0. The molecule has 1 aliphatic rings. The van der Waals surface area contributed by atoms with Crippen molar-refractivity contribution in [2.75, 3.05) is 26.2 Å². The van der Waals surface area contributed by atoms with Crippen LogP contribution in [0, 0.1) is 0 Å². The van der Waals surface area contributed by atoms with Crippen LogP contribution in [-0.4, -0.2) is 37.1 Å². The van der Waals surface area contributed by atoms with Crippen LogP contribution in [0.4, 0.5) is 0 Å². The molecule has 2 heteroatoms. The Morgan fingerprint density at radius 1 is 1.36 bits per heavy atom. The molecule has 11 heavy (non-hydrogen) atoms. The first-order valence-corrected chi connectivity index (χ1v) is 4.82. The smallest absolute Gasteiger partial charge is 0.0107 e. The Kier molecular flexibility index (Phi) is 3.87. The maximum atomic E-state index is 3.55. The first-order valence-electron chi connectivity index (χ1n) is 4.82. The van der Waals surface area contributed by atoms with Gasteiger partial charge >= 0.3 is 0 Å². The summed E-state index contributed by atoms with van der Waals surface area (Å²) in [7, 11) is 0. The Hall–Kier alpha value is -0.0800. The third-order valence-electron chi connectivity index (χ3n) is 2.59. The predicted molar refractivity (Wildman–Crippen MR) is 48.8 cm³/mol. The molecule has 1 atom stereocenters. The molecule has 0 amide bonds. The Labute approximate surface area is 70.0 Å². The Morgan fingerprint density at radius 3 is 2.82 bits per heavy atom. The van der Waals surface area contributed by atoms with Gasteiger partial charge in [0.1, 0.15) is 0 Å². The predicted octanol–water partition coefficient (Wildman–Crippen LogP) is 1.08. The van der Waals surface area contributed by atoms with Gasteiger partial charge in [0.15, 0.2) is 0 Å². The molecule has 1 aliphatic heterocycles. The topological polar surface area (TPSA) is 15.3 Å². The van der Waals surface area contributed by atoms with Crippen LogP contribution < -0.4 is 5.32 Å². The molecular weight excluding hydrogens is 136 g/mol. The SMILES string of the molecule is CCC1CCN(CC)CCN1. The molecule has 2 nitrogen and oxygen atoms in total. The van der Waals surface area contributed by atoms with Gasteiger partial charge in [0, 0.05) is 19.1 Å². The number of rotatable bonds is 2. The zero-order chi connectivity index (χ0) is 8.10. The lowest BCUT2D eigenvalue weighted by atomic mass is 10.1. The van der Waals surface area contributed by atoms with E-state index in [2.05, 4.69) is 24.1 Å². The molecule has 0 saturated carbocycles. The highest BCUT2D eigenvalue weighted by Gasteiger charge is 2.12. The molecule has 0 radical (unpaired) electrons. The number of nitrogens with zero attached hydrogens (tertiary/aromatic N) is 1. The lowest BCUT2D eigenvalue weighted by Crippen LogP contribution is -2.29. The molecule has 1 N–H and O–H groups in total. The molecule has 1 fully saturated rings. The molecular formula is C9H20N2. The lowest BCUT2D eigenvalue weighted by Gasteiger charge is -2.16. The van der Waals surface area contributed by atoms with Gasteiger partial charge in [-0.15, -0.1) is 0 Å². The van der Waals surface area contributed by atoms with Crippen molar-refractivity contribution in [2.45, 2.75) is 32.7 Å². The minimum Gasteiger partial charge on any atom is -0.313 e. The van der Waals surface area contributed by atoms with Crippen molar-refractivity contribution >= 4 is 0 Å². The zero-order valence-electron chi connectivity index (χ0n) is 7.77. The van der Waals surface area contributed by atoms with Crippen molar-refractivity contribution < 1.29 is 0 Å². The highest BCUT2D eigenvalue weighted by molar-refractivity contribution is 4.72. The van der Waals surface area contributed by atoms with Crippen LogP contribution in [0.5, 0.6) is 0 Å². The van der Waals surface area contributed by atoms with E-state index in [4.69, 9.17) is 0 Å². The van der Waals surface area contributed by atoms with Crippen LogP contribution in [-0.2, 0) is 0 Å². The van der Waals surface area contributed by atoms with Crippen molar-refractivity contribution in [1.82, 2.24) is 10.2 Å². The summed E-state index contributed by atoms with van der Waals surface area (Å²) in [6, 6.07) is 0.770. The van der Waals surface area contributed by atoms with E-state index >= 15 is 0 Å². The van der Waals surface area contributed by atoms with E-state index in [1.165, 1.54) is 39.0 Å². The van der Waals surface area contributed by atoms with Crippen LogP contribution in [0.15, 0.2) is 0 Å². The summed E-state index contributed by atoms with van der Waals surface area (Å²) in [5, 5.41) is 3.55. The Balaban J connectivity index is 2.27. The summed E-state index contributed by atoms with van der Waals surface area (Å²) in [6.45, 7) is 9.39. The van der Waals surface area contributed by atoms with E-state index in [1.807, 2.05) is 0 Å². The van der Waals surface area contributed by atoms with Crippen molar-refractivity contribution in [2.24, 2.45) is 0 Å². The fraction of sp³-hybridized carbons (Fsp3) is 1.00. The van der Waals surface area contributed by atoms with Gasteiger partial charge in [-0.2, -0.15) is 0 Å². The van der Waals surface area contributed by atoms with E-state index in [0.29, 0.717) is 0 Å². The quantitative estimate of drug-likeness (QED) is 0.643. The van der Waals surface area contributed by atoms with Crippen LogP contribution in [0.3, 0.4) is 0 Å². The number of likely N-dealkylation sites (N-methyl/N-ethyl adjacent to an activating group) is 1. The van der Waals surface area contributed by atoms with Gasteiger partial charge in [0.05, 0.1) is 0 Å². The fourth-order valence-corrected chi connectivity index (χ4v) is 1.64. The number of hydrogen-bond acceptors (Lipinski definition) is 2. The molecule has 0 bridgehead atoms. The summed E-state index contributed by atoms with van der Waals surface area (Å²) in [5.74, 6) is 0. The highest BCUT2D eigenvalue weighted by Crippen LogP contribution is 2.03. The standard InChI is InChI=1S/C9H20N2/c1-3-9-5-7-11(4-2)8-6-10-9/h9-10H,3-8H2,1-2H3. The molecule has 1 unspecified atom stereocenters. The molecule has 0 aromatic carbocycles. The third-order valence-corrected chi connectivity index (χ3v) is 2.59. The van der Waals surface area contributed by atoms with E-state index in [0.717, 1.165) is 6.04 Å². The van der Waals surface area contributed by atoms with Gasteiger partial charge in [0.2, 0.25) is 0 Å². The minimum absolute atomic E-state index is 0.770. The lowest BCUT2D eigenvalue weighted by molar-refractivity contribution is 0.305. The second-order valence-electron chi connectivity index (χ2n) is 3.28. The minimum atomic E-state index is 0.770. The van der Waals surface area contributed by atoms with E-state index in [9.17, 15) is 0 Å². The largest absolute Gasteiger partial charge is 0.313 e. The van der Waals surface area contributed by atoms with Crippen LogP contribution in [0.1, 0.15) is 26.7 Å². The summed E-state index contributed by atoms with van der Waals surface area (Å²) in [6.07, 6.45) is 2.60. The maximum absolute atomic E-state index is 3.55. The van der Waals surface area contributed by atoms with Crippen molar-refractivity contribution in [1.29, 1.82) is 0 Å². The van der Waals surface area contributed by atoms with Crippen LogP contribution in [0.25, 0.3) is 0 Å². The molecule has 1 saturated heterocycles. The molecule has 0 aromatic heterocycles. The molecule has 1 heterocycles. The normalized spacial score (nSPS) is 28.4. The van der Waals surface area contributed by atoms with Gasteiger partial charge in [0.25, 0.3) is 0 Å². The summed E-state index contributed by atoms with van der Waals surface area (Å²) >= 11 is 0. The van der Waals surface area contributed by atoms with Crippen LogP contribution >= 0.6 is 0 Å². The maximum Gasteiger partial charge on any atom is 0.0107 e. The Bertz CT molecular complexity index is 91.7. The summed E-state index contributed by atoms with van der Waals surface area (Å²) in [4.78, 5) is 2.52. The molecule has 0 spiro atoms. The Morgan fingerprint density at radius 2 is 2.18 bits per heavy atom. The average molecular weight is 156 g/mol. The fourth-order valence-electron chi connectivity index (χ4n) is 1.64. The second-order valence-corrected chi connectivity index (χ2v) is 3.28. The van der Waals surface area contributed by atoms with Gasteiger partial charge in [-0.05, 0) is 25.9 Å². The number of nitrogens with one attached hydrogen (secondary N) is 1. The van der Waals surface area contributed by atoms with Gasteiger partial charge in [-0.1, -0.05) is 13.8 Å². The highest BCUT2D eigenvalue weighted by atomic mass is 15.2. The number of hydrogen-bond donors (Lipinski definition) is 1.